The van der Waals surface area contributed by atoms with Gasteiger partial charge in [0.1, 0.15) is 0 Å². The number of hydrogen-bond donors (Lipinski definition) is 1. The maximum Gasteiger partial charge on any atom is 0.255 e. The molecule has 26 heavy (non-hydrogen) atoms. The number of aromatic nitrogens is 2. The number of ether oxygens (including phenoxy) is 2. The predicted octanol–water partition coefficient (Wildman–Crippen LogP) is 2.98. The Hall–Kier alpha value is -2.83. The van der Waals surface area contributed by atoms with E-state index in [0.29, 0.717) is 28.7 Å². The summed E-state index contributed by atoms with van der Waals surface area (Å²) in [4.78, 5) is 23.4. The topological polar surface area (TPSA) is 76.6 Å². The number of hydrogen-bond acceptors (Lipinski definition) is 6. The fraction of sp³-hybridized carbons (Fsp3) is 0.421. The molecule has 7 nitrogen and oxygen atoms in total. The van der Waals surface area contributed by atoms with Crippen molar-refractivity contribution in [3.8, 4) is 11.5 Å². The molecular weight excluding hydrogens is 332 g/mol. The molecule has 0 saturated carbocycles. The van der Waals surface area contributed by atoms with Crippen LogP contribution in [0.15, 0.2) is 30.6 Å². The standard InChI is InChI=1S/C19H24N4O3/c1-13-6-8-23(9-7-13)19-20-11-15(12-21-19)22-18(24)14-4-5-16(25-2)17(10-14)26-3/h4-5,10-13H,6-9H2,1-3H3,(H,22,24). The molecule has 1 saturated heterocycles. The van der Waals surface area contributed by atoms with E-state index in [1.807, 2.05) is 0 Å². The molecule has 138 valence electrons. The van der Waals surface area contributed by atoms with E-state index in [-0.39, 0.29) is 5.91 Å². The first-order valence-corrected chi connectivity index (χ1v) is 8.71. The van der Waals surface area contributed by atoms with Crippen LogP contribution in [-0.2, 0) is 0 Å². The van der Waals surface area contributed by atoms with Crippen LogP contribution >= 0.6 is 0 Å². The van der Waals surface area contributed by atoms with Gasteiger partial charge in [0.15, 0.2) is 11.5 Å². The van der Waals surface area contributed by atoms with Crippen LogP contribution in [0.2, 0.25) is 0 Å². The van der Waals surface area contributed by atoms with Crippen molar-refractivity contribution in [3.05, 3.63) is 36.2 Å². The Labute approximate surface area is 153 Å². The summed E-state index contributed by atoms with van der Waals surface area (Å²) >= 11 is 0. The summed E-state index contributed by atoms with van der Waals surface area (Å²) in [5.74, 6) is 2.29. The second kappa shape index (κ2) is 8.03. The van der Waals surface area contributed by atoms with E-state index in [1.54, 1.807) is 37.7 Å². The van der Waals surface area contributed by atoms with Gasteiger partial charge < -0.3 is 19.7 Å². The van der Waals surface area contributed by atoms with Gasteiger partial charge in [0.2, 0.25) is 5.95 Å². The third-order valence-electron chi connectivity index (χ3n) is 4.61. The van der Waals surface area contributed by atoms with E-state index in [2.05, 4.69) is 27.1 Å². The molecule has 1 aliphatic rings. The Morgan fingerprint density at radius 1 is 1.12 bits per heavy atom. The van der Waals surface area contributed by atoms with E-state index in [1.165, 1.54) is 7.11 Å². The lowest BCUT2D eigenvalue weighted by molar-refractivity contribution is 0.102. The van der Waals surface area contributed by atoms with E-state index in [4.69, 9.17) is 9.47 Å². The summed E-state index contributed by atoms with van der Waals surface area (Å²) in [5, 5.41) is 2.81. The van der Waals surface area contributed by atoms with Crippen LogP contribution < -0.4 is 19.7 Å². The average molecular weight is 356 g/mol. The number of rotatable bonds is 5. The molecule has 2 aromatic rings. The van der Waals surface area contributed by atoms with Crippen molar-refractivity contribution >= 4 is 17.5 Å². The molecule has 0 unspecified atom stereocenters. The minimum Gasteiger partial charge on any atom is -0.493 e. The van der Waals surface area contributed by atoms with Crippen LogP contribution in [0, 0.1) is 5.92 Å². The number of carbonyl (C=O) groups is 1. The third kappa shape index (κ3) is 4.04. The van der Waals surface area contributed by atoms with Crippen molar-refractivity contribution in [2.45, 2.75) is 19.8 Å². The highest BCUT2D eigenvalue weighted by Gasteiger charge is 2.18. The fourth-order valence-corrected chi connectivity index (χ4v) is 2.94. The summed E-state index contributed by atoms with van der Waals surface area (Å²) in [5.41, 5.74) is 1.02. The normalized spacial score (nSPS) is 14.8. The van der Waals surface area contributed by atoms with Gasteiger partial charge in [-0.25, -0.2) is 9.97 Å². The van der Waals surface area contributed by atoms with Gasteiger partial charge in [-0.05, 0) is 37.0 Å². The van der Waals surface area contributed by atoms with Crippen molar-refractivity contribution < 1.29 is 14.3 Å². The highest BCUT2D eigenvalue weighted by Crippen LogP contribution is 2.28. The number of amides is 1. The molecule has 1 fully saturated rings. The summed E-state index contributed by atoms with van der Waals surface area (Å²) in [6, 6.07) is 5.02. The highest BCUT2D eigenvalue weighted by atomic mass is 16.5. The molecule has 3 rings (SSSR count). The molecule has 1 aromatic carbocycles. The molecule has 0 spiro atoms. The molecule has 1 amide bonds. The number of methoxy groups -OCH3 is 2. The first-order valence-electron chi connectivity index (χ1n) is 8.71. The van der Waals surface area contributed by atoms with Gasteiger partial charge in [-0.15, -0.1) is 0 Å². The minimum atomic E-state index is -0.255. The van der Waals surface area contributed by atoms with E-state index < -0.39 is 0 Å². The second-order valence-electron chi connectivity index (χ2n) is 6.47. The van der Waals surface area contributed by atoms with Crippen LogP contribution in [0.1, 0.15) is 30.1 Å². The molecule has 1 aromatic heterocycles. The smallest absolute Gasteiger partial charge is 0.255 e. The minimum absolute atomic E-state index is 0.255. The van der Waals surface area contributed by atoms with E-state index in [9.17, 15) is 4.79 Å². The molecule has 0 atom stereocenters. The highest BCUT2D eigenvalue weighted by molar-refractivity contribution is 6.04. The number of piperidine rings is 1. The van der Waals surface area contributed by atoms with Crippen LogP contribution in [-0.4, -0.2) is 43.2 Å². The quantitative estimate of drug-likeness (QED) is 0.887. The molecule has 0 radical (unpaired) electrons. The number of nitrogens with one attached hydrogen (secondary N) is 1. The lowest BCUT2D eigenvalue weighted by atomic mass is 10.00. The van der Waals surface area contributed by atoms with Crippen LogP contribution in [0.5, 0.6) is 11.5 Å². The SMILES string of the molecule is COc1ccc(C(=O)Nc2cnc(N3CCC(C)CC3)nc2)cc1OC. The first-order chi connectivity index (χ1) is 12.6. The van der Waals surface area contributed by atoms with Crippen molar-refractivity contribution in [2.75, 3.05) is 37.5 Å². The third-order valence-corrected chi connectivity index (χ3v) is 4.61. The molecule has 1 aliphatic heterocycles. The number of carbonyl (C=O) groups excluding carboxylic acids is 1. The summed E-state index contributed by atoms with van der Waals surface area (Å²) in [6.07, 6.45) is 5.58. The van der Waals surface area contributed by atoms with Gasteiger partial charge in [-0.2, -0.15) is 0 Å². The Balaban J connectivity index is 1.66. The van der Waals surface area contributed by atoms with Crippen LogP contribution in [0.4, 0.5) is 11.6 Å². The Kier molecular flexibility index (Phi) is 5.55. The van der Waals surface area contributed by atoms with Gasteiger partial charge in [0.25, 0.3) is 5.91 Å². The Morgan fingerprint density at radius 2 is 1.77 bits per heavy atom. The summed E-state index contributed by atoms with van der Waals surface area (Å²) in [6.45, 7) is 4.21. The Morgan fingerprint density at radius 3 is 2.38 bits per heavy atom. The zero-order valence-electron chi connectivity index (χ0n) is 15.4. The molecule has 0 bridgehead atoms. The van der Waals surface area contributed by atoms with Crippen molar-refractivity contribution in [1.82, 2.24) is 9.97 Å². The van der Waals surface area contributed by atoms with Gasteiger partial charge in [0.05, 0.1) is 32.3 Å². The molecule has 7 heteroatoms. The van der Waals surface area contributed by atoms with Crippen LogP contribution in [0.3, 0.4) is 0 Å². The molecule has 0 aliphatic carbocycles. The maximum absolute atomic E-state index is 12.4. The summed E-state index contributed by atoms with van der Waals surface area (Å²) in [7, 11) is 3.09. The van der Waals surface area contributed by atoms with Gasteiger partial charge in [-0.3, -0.25) is 4.79 Å². The van der Waals surface area contributed by atoms with Gasteiger partial charge in [-0.1, -0.05) is 6.92 Å². The van der Waals surface area contributed by atoms with E-state index in [0.717, 1.165) is 31.8 Å². The van der Waals surface area contributed by atoms with Crippen molar-refractivity contribution in [2.24, 2.45) is 5.92 Å². The zero-order chi connectivity index (χ0) is 18.5. The average Bonchev–Trinajstić information content (AvgIpc) is 2.68. The first kappa shape index (κ1) is 18.0. The molecule has 1 N–H and O–H groups in total. The molecular formula is C19H24N4O3. The monoisotopic (exact) mass is 356 g/mol. The maximum atomic E-state index is 12.4. The van der Waals surface area contributed by atoms with Gasteiger partial charge in [0, 0.05) is 18.7 Å². The second-order valence-corrected chi connectivity index (χ2v) is 6.47. The number of nitrogens with zero attached hydrogens (tertiary/aromatic N) is 3. The lowest BCUT2D eigenvalue weighted by Crippen LogP contribution is -2.34. The zero-order valence-corrected chi connectivity index (χ0v) is 15.4. The van der Waals surface area contributed by atoms with Crippen molar-refractivity contribution in [1.29, 1.82) is 0 Å². The number of anilines is 2. The fourth-order valence-electron chi connectivity index (χ4n) is 2.94. The van der Waals surface area contributed by atoms with E-state index >= 15 is 0 Å². The predicted molar refractivity (Wildman–Crippen MR) is 100 cm³/mol. The Bertz CT molecular complexity index is 756. The van der Waals surface area contributed by atoms with Crippen molar-refractivity contribution in [3.63, 3.8) is 0 Å². The lowest BCUT2D eigenvalue weighted by Gasteiger charge is -2.30. The molecule has 2 heterocycles. The number of benzene rings is 1. The van der Waals surface area contributed by atoms with Gasteiger partial charge >= 0.3 is 0 Å². The largest absolute Gasteiger partial charge is 0.493 e. The summed E-state index contributed by atoms with van der Waals surface area (Å²) < 4.78 is 10.4. The van der Waals surface area contributed by atoms with Crippen LogP contribution in [0.25, 0.3) is 0 Å².